The van der Waals surface area contributed by atoms with Gasteiger partial charge in [0.2, 0.25) is 0 Å². The summed E-state index contributed by atoms with van der Waals surface area (Å²) >= 11 is 0. The van der Waals surface area contributed by atoms with E-state index < -0.39 is 5.60 Å². The minimum absolute atomic E-state index is 0.0404. The lowest BCUT2D eigenvalue weighted by Crippen LogP contribution is -2.36. The van der Waals surface area contributed by atoms with Crippen molar-refractivity contribution in [2.75, 3.05) is 0 Å². The number of rotatable bonds is 2. The van der Waals surface area contributed by atoms with E-state index in [1.54, 1.807) is 0 Å². The lowest BCUT2D eigenvalue weighted by molar-refractivity contribution is -0.0485. The Morgan fingerprint density at radius 1 is 0.800 bits per heavy atom. The molecule has 1 nitrogen and oxygen atoms in total. The maximum Gasteiger partial charge on any atom is 0.0947 e. The van der Waals surface area contributed by atoms with Crippen molar-refractivity contribution in [2.24, 2.45) is 5.41 Å². The molecule has 2 aromatic carbocycles. The van der Waals surface area contributed by atoms with Crippen LogP contribution in [0.25, 0.3) is 11.1 Å². The van der Waals surface area contributed by atoms with Crippen LogP contribution in [0.3, 0.4) is 0 Å². The van der Waals surface area contributed by atoms with Crippen LogP contribution in [0.15, 0.2) is 54.6 Å². The number of hydrogen-bond donors (Lipinski definition) is 1. The van der Waals surface area contributed by atoms with E-state index in [9.17, 15) is 5.11 Å². The van der Waals surface area contributed by atoms with E-state index in [1.165, 1.54) is 11.1 Å². The zero-order valence-electron chi connectivity index (χ0n) is 12.3. The first kappa shape index (κ1) is 13.4. The van der Waals surface area contributed by atoms with Crippen molar-refractivity contribution in [2.45, 2.75) is 38.7 Å². The molecule has 1 fully saturated rings. The molecule has 1 atom stereocenters. The van der Waals surface area contributed by atoms with Crippen LogP contribution in [0.4, 0.5) is 0 Å². The van der Waals surface area contributed by atoms with Gasteiger partial charge in [-0.15, -0.1) is 0 Å². The van der Waals surface area contributed by atoms with Crippen LogP contribution >= 0.6 is 0 Å². The molecule has 0 radical (unpaired) electrons. The van der Waals surface area contributed by atoms with E-state index in [1.807, 2.05) is 6.07 Å². The van der Waals surface area contributed by atoms with Gasteiger partial charge in [-0.2, -0.15) is 0 Å². The highest BCUT2D eigenvalue weighted by molar-refractivity contribution is 5.63. The highest BCUT2D eigenvalue weighted by Crippen LogP contribution is 2.52. The van der Waals surface area contributed by atoms with Gasteiger partial charge in [-0.25, -0.2) is 0 Å². The van der Waals surface area contributed by atoms with Crippen LogP contribution < -0.4 is 0 Å². The van der Waals surface area contributed by atoms with E-state index in [2.05, 4.69) is 62.4 Å². The van der Waals surface area contributed by atoms with Crippen molar-refractivity contribution < 1.29 is 5.11 Å². The lowest BCUT2D eigenvalue weighted by atomic mass is 9.73. The van der Waals surface area contributed by atoms with Crippen LogP contribution in [0.1, 0.15) is 38.7 Å². The van der Waals surface area contributed by atoms with Gasteiger partial charge in [0.15, 0.2) is 0 Å². The van der Waals surface area contributed by atoms with E-state index in [0.29, 0.717) is 0 Å². The fourth-order valence-electron chi connectivity index (χ4n) is 3.44. The van der Waals surface area contributed by atoms with Gasteiger partial charge in [0.05, 0.1) is 5.60 Å². The van der Waals surface area contributed by atoms with Gasteiger partial charge in [0.25, 0.3) is 0 Å². The minimum atomic E-state index is -0.678. The summed E-state index contributed by atoms with van der Waals surface area (Å²) in [4.78, 5) is 0. The average molecular weight is 266 g/mol. The Morgan fingerprint density at radius 2 is 1.40 bits per heavy atom. The van der Waals surface area contributed by atoms with Crippen LogP contribution in [0.2, 0.25) is 0 Å². The van der Waals surface area contributed by atoms with E-state index >= 15 is 0 Å². The van der Waals surface area contributed by atoms with Crippen molar-refractivity contribution in [3.05, 3.63) is 60.2 Å². The summed E-state index contributed by atoms with van der Waals surface area (Å²) in [6.45, 7) is 4.34. The third kappa shape index (κ3) is 2.06. The minimum Gasteiger partial charge on any atom is -0.385 e. The molecule has 1 aliphatic carbocycles. The first-order chi connectivity index (χ1) is 9.53. The highest BCUT2D eigenvalue weighted by Gasteiger charge is 2.48. The predicted molar refractivity (Wildman–Crippen MR) is 83.4 cm³/mol. The van der Waals surface area contributed by atoms with E-state index in [-0.39, 0.29) is 5.41 Å². The van der Waals surface area contributed by atoms with Gasteiger partial charge in [-0.05, 0) is 41.4 Å². The second-order valence-electron chi connectivity index (χ2n) is 6.54. The summed E-state index contributed by atoms with van der Waals surface area (Å²) in [5.74, 6) is 0. The largest absolute Gasteiger partial charge is 0.385 e. The molecular weight excluding hydrogens is 244 g/mol. The van der Waals surface area contributed by atoms with Crippen molar-refractivity contribution in [3.63, 3.8) is 0 Å². The molecule has 0 heterocycles. The predicted octanol–water partition coefficient (Wildman–Crippen LogP) is 4.75. The molecule has 0 amide bonds. The summed E-state index contributed by atoms with van der Waals surface area (Å²) < 4.78 is 0. The zero-order chi connectivity index (χ0) is 14.2. The standard InChI is InChI=1S/C19H22O/c1-18(2)13-6-14-19(18,20)17-11-9-16(10-12-17)15-7-4-3-5-8-15/h3-5,7-12,20H,6,13-14H2,1-2H3. The molecule has 1 unspecified atom stereocenters. The summed E-state index contributed by atoms with van der Waals surface area (Å²) in [7, 11) is 0. The first-order valence-corrected chi connectivity index (χ1v) is 7.41. The van der Waals surface area contributed by atoms with Crippen molar-refractivity contribution in [3.8, 4) is 11.1 Å². The zero-order valence-corrected chi connectivity index (χ0v) is 12.3. The molecule has 20 heavy (non-hydrogen) atoms. The summed E-state index contributed by atoms with van der Waals surface area (Å²) in [5, 5.41) is 11.1. The van der Waals surface area contributed by atoms with Crippen LogP contribution in [-0.4, -0.2) is 5.11 Å². The lowest BCUT2D eigenvalue weighted by Gasteiger charge is -2.37. The number of aliphatic hydroxyl groups is 1. The van der Waals surface area contributed by atoms with Gasteiger partial charge < -0.3 is 5.11 Å². The molecule has 0 saturated heterocycles. The monoisotopic (exact) mass is 266 g/mol. The summed E-state index contributed by atoms with van der Waals surface area (Å²) in [6.07, 6.45) is 3.05. The van der Waals surface area contributed by atoms with E-state index in [0.717, 1.165) is 24.8 Å². The third-order valence-electron chi connectivity index (χ3n) is 4.93. The molecular formula is C19H22O. The third-order valence-corrected chi connectivity index (χ3v) is 4.93. The van der Waals surface area contributed by atoms with Crippen LogP contribution in [0, 0.1) is 5.41 Å². The molecule has 1 saturated carbocycles. The van der Waals surface area contributed by atoms with Crippen molar-refractivity contribution in [1.29, 1.82) is 0 Å². The molecule has 0 aliphatic heterocycles. The Bertz CT molecular complexity index is 583. The fraction of sp³-hybridized carbons (Fsp3) is 0.368. The molecule has 0 spiro atoms. The number of hydrogen-bond acceptors (Lipinski definition) is 1. The topological polar surface area (TPSA) is 20.2 Å². The van der Waals surface area contributed by atoms with Crippen molar-refractivity contribution in [1.82, 2.24) is 0 Å². The van der Waals surface area contributed by atoms with Gasteiger partial charge in [0.1, 0.15) is 0 Å². The Kier molecular flexibility index (Phi) is 3.18. The summed E-state index contributed by atoms with van der Waals surface area (Å²) in [5.41, 5.74) is 2.76. The molecule has 0 bridgehead atoms. The molecule has 104 valence electrons. The highest BCUT2D eigenvalue weighted by atomic mass is 16.3. The second-order valence-corrected chi connectivity index (χ2v) is 6.54. The fourth-order valence-corrected chi connectivity index (χ4v) is 3.44. The van der Waals surface area contributed by atoms with Crippen molar-refractivity contribution >= 4 is 0 Å². The first-order valence-electron chi connectivity index (χ1n) is 7.41. The van der Waals surface area contributed by atoms with E-state index in [4.69, 9.17) is 0 Å². The Hall–Kier alpha value is -1.60. The Balaban J connectivity index is 1.95. The number of benzene rings is 2. The van der Waals surface area contributed by atoms with Crippen LogP contribution in [-0.2, 0) is 5.60 Å². The van der Waals surface area contributed by atoms with Gasteiger partial charge >= 0.3 is 0 Å². The maximum atomic E-state index is 11.1. The average Bonchev–Trinajstić information content (AvgIpc) is 2.75. The SMILES string of the molecule is CC1(C)CCCC1(O)c1ccc(-c2ccccc2)cc1. The van der Waals surface area contributed by atoms with Gasteiger partial charge in [0, 0.05) is 0 Å². The molecule has 3 rings (SSSR count). The Labute approximate surface area is 121 Å². The maximum absolute atomic E-state index is 11.1. The smallest absolute Gasteiger partial charge is 0.0947 e. The summed E-state index contributed by atoms with van der Waals surface area (Å²) in [6, 6.07) is 18.8. The molecule has 1 heteroatoms. The quantitative estimate of drug-likeness (QED) is 0.831. The Morgan fingerprint density at radius 3 is 1.95 bits per heavy atom. The molecule has 2 aromatic rings. The normalized spacial score (nSPS) is 24.8. The molecule has 1 aliphatic rings. The molecule has 0 aromatic heterocycles. The van der Waals surface area contributed by atoms with Gasteiger partial charge in [-0.1, -0.05) is 68.4 Å². The molecule has 1 N–H and O–H groups in total. The van der Waals surface area contributed by atoms with Crippen LogP contribution in [0.5, 0.6) is 0 Å². The second kappa shape index (κ2) is 4.75. The van der Waals surface area contributed by atoms with Gasteiger partial charge in [-0.3, -0.25) is 0 Å².